The number of rotatable bonds is 5. The van der Waals surface area contributed by atoms with Crippen LogP contribution in [0.3, 0.4) is 0 Å². The number of amides is 2. The van der Waals surface area contributed by atoms with Crippen LogP contribution in [0.1, 0.15) is 14.5 Å². The second-order valence-corrected chi connectivity index (χ2v) is 9.41. The third-order valence-corrected chi connectivity index (χ3v) is 6.17. The molecule has 1 aromatic carbocycles. The lowest BCUT2D eigenvalue weighted by molar-refractivity contribution is -0.116. The zero-order valence-corrected chi connectivity index (χ0v) is 17.7. The van der Waals surface area contributed by atoms with E-state index in [0.29, 0.717) is 15.7 Å². The van der Waals surface area contributed by atoms with E-state index in [2.05, 4.69) is 26.2 Å². The first kappa shape index (κ1) is 19.7. The fourth-order valence-corrected chi connectivity index (χ4v) is 4.62. The summed E-state index contributed by atoms with van der Waals surface area (Å²) in [5.41, 5.74) is 1.48. The summed E-state index contributed by atoms with van der Waals surface area (Å²) in [6.07, 6.45) is 0. The molecule has 0 saturated carbocycles. The normalized spacial score (nSPS) is 10.7. The van der Waals surface area contributed by atoms with Crippen LogP contribution in [0, 0.1) is 12.7 Å². The van der Waals surface area contributed by atoms with Gasteiger partial charge in [-0.15, -0.1) is 22.7 Å². The van der Waals surface area contributed by atoms with Crippen molar-refractivity contribution in [1.29, 1.82) is 0 Å². The molecule has 0 aliphatic heterocycles. The number of hydrogen-bond donors (Lipinski definition) is 1. The topological polar surface area (TPSA) is 62.3 Å². The van der Waals surface area contributed by atoms with E-state index in [9.17, 15) is 14.0 Å². The Morgan fingerprint density at radius 3 is 2.52 bits per heavy atom. The highest BCUT2D eigenvalue weighted by molar-refractivity contribution is 9.11. The van der Waals surface area contributed by atoms with Gasteiger partial charge in [-0.3, -0.25) is 9.59 Å². The van der Waals surface area contributed by atoms with Gasteiger partial charge in [-0.1, -0.05) is 0 Å². The summed E-state index contributed by atoms with van der Waals surface area (Å²) in [7, 11) is 1.58. The molecule has 2 aromatic heterocycles. The molecule has 0 radical (unpaired) electrons. The molecule has 5 nitrogen and oxygen atoms in total. The van der Waals surface area contributed by atoms with Gasteiger partial charge in [0.2, 0.25) is 5.91 Å². The number of thiazole rings is 1. The van der Waals surface area contributed by atoms with Gasteiger partial charge in [0.1, 0.15) is 5.82 Å². The van der Waals surface area contributed by atoms with E-state index in [1.54, 1.807) is 31.3 Å². The van der Waals surface area contributed by atoms with Gasteiger partial charge in [0.05, 0.1) is 20.9 Å². The lowest BCUT2D eigenvalue weighted by atomic mass is 10.1. The average molecular weight is 468 g/mol. The number of anilines is 1. The lowest BCUT2D eigenvalue weighted by Crippen LogP contribution is -2.34. The first-order valence-corrected chi connectivity index (χ1v) is 10.3. The first-order valence-electron chi connectivity index (χ1n) is 7.87. The Labute approximate surface area is 172 Å². The van der Waals surface area contributed by atoms with E-state index in [-0.39, 0.29) is 24.2 Å². The molecule has 0 spiro atoms. The van der Waals surface area contributed by atoms with Crippen molar-refractivity contribution in [1.82, 2.24) is 9.88 Å². The molecule has 9 heteroatoms. The van der Waals surface area contributed by atoms with Gasteiger partial charge in [0.25, 0.3) is 5.91 Å². The molecule has 2 heterocycles. The van der Waals surface area contributed by atoms with E-state index in [4.69, 9.17) is 0 Å². The molecular formula is C18H15BrFN3O2S2. The lowest BCUT2D eigenvalue weighted by Gasteiger charge is -2.15. The maximum atomic E-state index is 13.1. The van der Waals surface area contributed by atoms with Crippen molar-refractivity contribution >= 4 is 55.5 Å². The monoisotopic (exact) mass is 467 g/mol. The molecule has 3 rings (SSSR count). The van der Waals surface area contributed by atoms with Crippen molar-refractivity contribution in [2.24, 2.45) is 0 Å². The SMILES string of the molecule is Cc1sc(NC(=O)CN(C)C(=O)c2ccc(Br)s2)nc1-c1ccc(F)cc1. The number of carbonyl (C=O) groups excluding carboxylic acids is 2. The quantitative estimate of drug-likeness (QED) is 0.586. The van der Waals surface area contributed by atoms with Gasteiger partial charge in [0.15, 0.2) is 5.13 Å². The van der Waals surface area contributed by atoms with Crippen LogP contribution in [0.5, 0.6) is 0 Å². The number of aromatic nitrogens is 1. The van der Waals surface area contributed by atoms with Crippen LogP contribution in [-0.2, 0) is 4.79 Å². The zero-order valence-electron chi connectivity index (χ0n) is 14.5. The number of thiophene rings is 1. The summed E-state index contributed by atoms with van der Waals surface area (Å²) in [4.78, 5) is 31.8. The van der Waals surface area contributed by atoms with Gasteiger partial charge in [0, 0.05) is 17.5 Å². The number of carbonyl (C=O) groups is 2. The van der Waals surface area contributed by atoms with Crippen molar-refractivity contribution in [3.8, 4) is 11.3 Å². The molecule has 0 atom stereocenters. The van der Waals surface area contributed by atoms with Crippen molar-refractivity contribution in [2.75, 3.05) is 18.9 Å². The summed E-state index contributed by atoms with van der Waals surface area (Å²) < 4.78 is 13.9. The van der Waals surface area contributed by atoms with Gasteiger partial charge in [-0.2, -0.15) is 0 Å². The summed E-state index contributed by atoms with van der Waals surface area (Å²) in [6.45, 7) is 1.80. The van der Waals surface area contributed by atoms with Crippen molar-refractivity contribution in [3.63, 3.8) is 0 Å². The Morgan fingerprint density at radius 2 is 1.89 bits per heavy atom. The number of benzene rings is 1. The first-order chi connectivity index (χ1) is 12.8. The molecule has 1 N–H and O–H groups in total. The molecule has 0 aliphatic carbocycles. The van der Waals surface area contributed by atoms with Gasteiger partial charge in [-0.05, 0) is 59.3 Å². The Morgan fingerprint density at radius 1 is 1.19 bits per heavy atom. The maximum absolute atomic E-state index is 13.1. The van der Waals surface area contributed by atoms with Gasteiger partial charge >= 0.3 is 0 Å². The minimum Gasteiger partial charge on any atom is -0.332 e. The van der Waals surface area contributed by atoms with Crippen molar-refractivity contribution in [3.05, 3.63) is 55.8 Å². The van der Waals surface area contributed by atoms with Crippen molar-refractivity contribution < 1.29 is 14.0 Å². The second-order valence-electron chi connectivity index (χ2n) is 5.74. The Hall–Kier alpha value is -2.10. The smallest absolute Gasteiger partial charge is 0.264 e. The molecule has 140 valence electrons. The third-order valence-electron chi connectivity index (χ3n) is 3.67. The molecule has 0 aliphatic rings. The second kappa shape index (κ2) is 8.28. The number of aryl methyl sites for hydroxylation is 1. The highest BCUT2D eigenvalue weighted by Crippen LogP contribution is 2.30. The van der Waals surface area contributed by atoms with Crippen LogP contribution >= 0.6 is 38.6 Å². The molecule has 0 fully saturated rings. The Balaban J connectivity index is 1.65. The number of nitrogens with zero attached hydrogens (tertiary/aromatic N) is 2. The van der Waals surface area contributed by atoms with Gasteiger partial charge in [-0.25, -0.2) is 9.37 Å². The molecular weight excluding hydrogens is 453 g/mol. The summed E-state index contributed by atoms with van der Waals surface area (Å²) in [6, 6.07) is 9.54. The van der Waals surface area contributed by atoms with Crippen molar-refractivity contribution in [2.45, 2.75) is 6.92 Å². The summed E-state index contributed by atoms with van der Waals surface area (Å²) in [5, 5.41) is 3.16. The average Bonchev–Trinajstić information content (AvgIpc) is 3.20. The molecule has 0 unspecified atom stereocenters. The number of hydrogen-bond acceptors (Lipinski definition) is 5. The molecule has 27 heavy (non-hydrogen) atoms. The molecule has 0 bridgehead atoms. The van der Waals surface area contributed by atoms with Gasteiger partial charge < -0.3 is 10.2 Å². The zero-order chi connectivity index (χ0) is 19.6. The number of nitrogens with one attached hydrogen (secondary N) is 1. The highest BCUT2D eigenvalue weighted by atomic mass is 79.9. The van der Waals surface area contributed by atoms with E-state index in [0.717, 1.165) is 14.2 Å². The summed E-state index contributed by atoms with van der Waals surface area (Å²) >= 11 is 5.97. The minimum absolute atomic E-state index is 0.0845. The largest absolute Gasteiger partial charge is 0.332 e. The third kappa shape index (κ3) is 4.79. The minimum atomic E-state index is -0.333. The predicted molar refractivity (Wildman–Crippen MR) is 110 cm³/mol. The Kier molecular flexibility index (Phi) is 6.03. The van der Waals surface area contributed by atoms with Crippen LogP contribution in [0.15, 0.2) is 40.2 Å². The van der Waals surface area contributed by atoms with E-state index >= 15 is 0 Å². The standard InChI is InChI=1S/C18H15BrFN3O2S2/c1-10-16(11-3-5-12(20)6-4-11)22-18(26-10)21-15(24)9-23(2)17(25)13-7-8-14(19)27-13/h3-8H,9H2,1-2H3,(H,21,22,24). The fraction of sp³-hybridized carbons (Fsp3) is 0.167. The molecule has 2 amide bonds. The maximum Gasteiger partial charge on any atom is 0.264 e. The summed E-state index contributed by atoms with van der Waals surface area (Å²) in [5.74, 6) is -0.866. The molecule has 0 saturated heterocycles. The fourth-order valence-electron chi connectivity index (χ4n) is 2.39. The van der Waals surface area contributed by atoms with Crippen LogP contribution in [0.4, 0.5) is 9.52 Å². The Bertz CT molecular complexity index is 985. The van der Waals surface area contributed by atoms with E-state index in [1.165, 1.54) is 39.7 Å². The predicted octanol–water partition coefficient (Wildman–Crippen LogP) is 4.79. The van der Waals surface area contributed by atoms with Crippen LogP contribution in [0.2, 0.25) is 0 Å². The van der Waals surface area contributed by atoms with E-state index in [1.807, 2.05) is 6.92 Å². The van der Waals surface area contributed by atoms with Crippen LogP contribution < -0.4 is 5.32 Å². The number of halogens is 2. The van der Waals surface area contributed by atoms with E-state index < -0.39 is 0 Å². The highest BCUT2D eigenvalue weighted by Gasteiger charge is 2.18. The van der Waals surface area contributed by atoms with Crippen LogP contribution in [-0.4, -0.2) is 35.3 Å². The molecule has 3 aromatic rings. The number of likely N-dealkylation sites (N-methyl/N-ethyl adjacent to an activating group) is 1. The van der Waals surface area contributed by atoms with Crippen LogP contribution in [0.25, 0.3) is 11.3 Å².